The van der Waals surface area contributed by atoms with E-state index in [0.29, 0.717) is 48.5 Å². The lowest BCUT2D eigenvalue weighted by Crippen LogP contribution is -2.27. The van der Waals surface area contributed by atoms with E-state index in [2.05, 4.69) is 25.4 Å². The maximum absolute atomic E-state index is 12.2. The Bertz CT molecular complexity index is 670. The van der Waals surface area contributed by atoms with E-state index >= 15 is 0 Å². The first-order valence-electron chi connectivity index (χ1n) is 7.10. The van der Waals surface area contributed by atoms with Crippen LogP contribution in [0.4, 0.5) is 5.95 Å². The Balaban J connectivity index is 1.89. The van der Waals surface area contributed by atoms with E-state index in [1.165, 1.54) is 6.20 Å². The van der Waals surface area contributed by atoms with Crippen molar-refractivity contribution in [1.82, 2.24) is 25.4 Å². The normalized spacial score (nSPS) is 10.6. The van der Waals surface area contributed by atoms with Gasteiger partial charge in [-0.2, -0.15) is 4.98 Å². The zero-order chi connectivity index (χ0) is 16.8. The summed E-state index contributed by atoms with van der Waals surface area (Å²) in [6.07, 6.45) is 1.97. The summed E-state index contributed by atoms with van der Waals surface area (Å²) in [6.45, 7) is 2.45. The smallest absolute Gasteiger partial charge is 0.254 e. The van der Waals surface area contributed by atoms with Crippen LogP contribution in [0.25, 0.3) is 0 Å². The number of nitrogens with zero attached hydrogens (tertiary/aromatic N) is 5. The second kappa shape index (κ2) is 7.63. The van der Waals surface area contributed by atoms with Gasteiger partial charge in [0.05, 0.1) is 11.3 Å². The molecule has 0 aliphatic carbocycles. The molecule has 9 heteroatoms. The van der Waals surface area contributed by atoms with Gasteiger partial charge in [0, 0.05) is 40.4 Å². The molecule has 0 saturated carbocycles. The molecule has 0 saturated heterocycles. The van der Waals surface area contributed by atoms with Crippen molar-refractivity contribution in [3.8, 4) is 0 Å². The number of hydrogen-bond acceptors (Lipinski definition) is 8. The molecule has 0 aromatic carbocycles. The molecule has 1 N–H and O–H groups in total. The summed E-state index contributed by atoms with van der Waals surface area (Å²) >= 11 is 0. The van der Waals surface area contributed by atoms with E-state index < -0.39 is 0 Å². The number of aryl methyl sites for hydroxylation is 1. The summed E-state index contributed by atoms with van der Waals surface area (Å²) in [7, 11) is 5.25. The van der Waals surface area contributed by atoms with Crippen LogP contribution in [-0.4, -0.2) is 53.8 Å². The molecule has 0 radical (unpaired) electrons. The van der Waals surface area contributed by atoms with Crippen molar-refractivity contribution >= 4 is 11.9 Å². The zero-order valence-corrected chi connectivity index (χ0v) is 13.7. The van der Waals surface area contributed by atoms with Crippen molar-refractivity contribution in [3.05, 3.63) is 29.2 Å². The van der Waals surface area contributed by atoms with Crippen LogP contribution in [-0.2, 0) is 17.8 Å². The highest BCUT2D eigenvalue weighted by molar-refractivity contribution is 5.94. The quantitative estimate of drug-likeness (QED) is 0.779. The zero-order valence-electron chi connectivity index (χ0n) is 13.7. The number of carbonyl (C=O) groups excluding carboxylic acids is 1. The Kier molecular flexibility index (Phi) is 5.58. The number of hydrogen-bond donors (Lipinski definition) is 1. The van der Waals surface area contributed by atoms with Gasteiger partial charge in [0.25, 0.3) is 5.91 Å². The Morgan fingerprint density at radius 2 is 2.17 bits per heavy atom. The lowest BCUT2D eigenvalue weighted by molar-refractivity contribution is 0.0952. The minimum absolute atomic E-state index is 0.232. The average Bonchev–Trinajstić information content (AvgIpc) is 2.95. The Morgan fingerprint density at radius 3 is 2.83 bits per heavy atom. The molecule has 23 heavy (non-hydrogen) atoms. The van der Waals surface area contributed by atoms with Gasteiger partial charge >= 0.3 is 0 Å². The molecule has 9 nitrogen and oxygen atoms in total. The van der Waals surface area contributed by atoms with Gasteiger partial charge in [0.15, 0.2) is 5.82 Å². The molecule has 2 heterocycles. The minimum atomic E-state index is -0.232. The number of rotatable bonds is 7. The molecule has 2 aromatic heterocycles. The molecule has 124 valence electrons. The van der Waals surface area contributed by atoms with Crippen LogP contribution in [0.5, 0.6) is 0 Å². The molecule has 2 aromatic rings. The summed E-state index contributed by atoms with van der Waals surface area (Å²) in [6, 6.07) is 0. The highest BCUT2D eigenvalue weighted by Crippen LogP contribution is 2.09. The molecule has 1 amide bonds. The van der Waals surface area contributed by atoms with E-state index in [9.17, 15) is 4.79 Å². The Morgan fingerprint density at radius 1 is 1.39 bits per heavy atom. The van der Waals surface area contributed by atoms with Gasteiger partial charge < -0.3 is 19.5 Å². The maximum atomic E-state index is 12.2. The monoisotopic (exact) mass is 320 g/mol. The van der Waals surface area contributed by atoms with Crippen LogP contribution in [0, 0.1) is 6.92 Å². The standard InChI is InChI=1S/C14H20N6O3/c1-9-10(7-16-14(17-9)20(2)3)13(21)15-6-5-12-18-11(8-22-4)19-23-12/h7H,5-6,8H2,1-4H3,(H,15,21). The van der Waals surface area contributed by atoms with Gasteiger partial charge in [-0.25, -0.2) is 9.97 Å². The van der Waals surface area contributed by atoms with Gasteiger partial charge in [-0.15, -0.1) is 0 Å². The second-order valence-electron chi connectivity index (χ2n) is 5.11. The summed E-state index contributed by atoms with van der Waals surface area (Å²) in [4.78, 5) is 26.5. The fraction of sp³-hybridized carbons (Fsp3) is 0.500. The molecule has 0 unspecified atom stereocenters. The SMILES string of the molecule is COCc1noc(CCNC(=O)c2cnc(N(C)C)nc2C)n1. The van der Waals surface area contributed by atoms with Gasteiger partial charge in [0.1, 0.15) is 6.61 Å². The molecule has 0 bridgehead atoms. The van der Waals surface area contributed by atoms with Crippen molar-refractivity contribution < 1.29 is 14.1 Å². The predicted octanol–water partition coefficient (Wildman–Crippen LogP) is 0.353. The maximum Gasteiger partial charge on any atom is 0.254 e. The summed E-state index contributed by atoms with van der Waals surface area (Å²) in [5, 5.41) is 6.54. The summed E-state index contributed by atoms with van der Waals surface area (Å²) in [5.74, 6) is 1.27. The summed E-state index contributed by atoms with van der Waals surface area (Å²) < 4.78 is 9.96. The minimum Gasteiger partial charge on any atom is -0.377 e. The number of ether oxygens (including phenoxy) is 1. The number of amides is 1. The molecular weight excluding hydrogens is 300 g/mol. The molecule has 0 atom stereocenters. The van der Waals surface area contributed by atoms with Crippen molar-refractivity contribution in [2.75, 3.05) is 32.6 Å². The van der Waals surface area contributed by atoms with Crippen molar-refractivity contribution in [1.29, 1.82) is 0 Å². The van der Waals surface area contributed by atoms with Crippen LogP contribution < -0.4 is 10.2 Å². The molecule has 0 spiro atoms. The summed E-state index contributed by atoms with van der Waals surface area (Å²) in [5.41, 5.74) is 1.07. The highest BCUT2D eigenvalue weighted by atomic mass is 16.5. The third-order valence-corrected chi connectivity index (χ3v) is 3.02. The number of carbonyl (C=O) groups is 1. The number of aromatic nitrogens is 4. The first-order valence-corrected chi connectivity index (χ1v) is 7.10. The molecule has 0 fully saturated rings. The third kappa shape index (κ3) is 4.46. The number of anilines is 1. The first-order chi connectivity index (χ1) is 11.0. The van der Waals surface area contributed by atoms with E-state index in [1.807, 2.05) is 14.1 Å². The molecular formula is C14H20N6O3. The largest absolute Gasteiger partial charge is 0.377 e. The fourth-order valence-corrected chi connectivity index (χ4v) is 1.85. The Labute approximate surface area is 134 Å². The molecule has 2 rings (SSSR count). The van der Waals surface area contributed by atoms with Crippen LogP contribution >= 0.6 is 0 Å². The van der Waals surface area contributed by atoms with E-state index in [1.54, 1.807) is 18.9 Å². The van der Waals surface area contributed by atoms with Crippen LogP contribution in [0.1, 0.15) is 27.8 Å². The molecule has 0 aliphatic rings. The van der Waals surface area contributed by atoms with Gasteiger partial charge in [0.2, 0.25) is 11.8 Å². The first kappa shape index (κ1) is 16.8. The Hall–Kier alpha value is -2.55. The van der Waals surface area contributed by atoms with Crippen molar-refractivity contribution in [2.24, 2.45) is 0 Å². The van der Waals surface area contributed by atoms with Crippen LogP contribution in [0.2, 0.25) is 0 Å². The van der Waals surface area contributed by atoms with Crippen molar-refractivity contribution in [2.45, 2.75) is 20.0 Å². The predicted molar refractivity (Wildman–Crippen MR) is 82.1 cm³/mol. The van der Waals surface area contributed by atoms with E-state index in [0.717, 1.165) is 0 Å². The van der Waals surface area contributed by atoms with E-state index in [-0.39, 0.29) is 5.91 Å². The lowest BCUT2D eigenvalue weighted by Gasteiger charge is -2.12. The number of methoxy groups -OCH3 is 1. The van der Waals surface area contributed by atoms with Gasteiger partial charge in [-0.1, -0.05) is 5.16 Å². The fourth-order valence-electron chi connectivity index (χ4n) is 1.85. The van der Waals surface area contributed by atoms with Gasteiger partial charge in [-0.3, -0.25) is 4.79 Å². The van der Waals surface area contributed by atoms with Gasteiger partial charge in [-0.05, 0) is 6.92 Å². The highest BCUT2D eigenvalue weighted by Gasteiger charge is 2.13. The number of nitrogens with one attached hydrogen (secondary N) is 1. The van der Waals surface area contributed by atoms with Crippen LogP contribution in [0.3, 0.4) is 0 Å². The molecule has 0 aliphatic heterocycles. The van der Waals surface area contributed by atoms with Crippen molar-refractivity contribution in [3.63, 3.8) is 0 Å². The third-order valence-electron chi connectivity index (χ3n) is 3.02. The topological polar surface area (TPSA) is 106 Å². The van der Waals surface area contributed by atoms with E-state index in [4.69, 9.17) is 9.26 Å². The lowest BCUT2D eigenvalue weighted by atomic mass is 10.2. The average molecular weight is 320 g/mol. The second-order valence-corrected chi connectivity index (χ2v) is 5.11. The van der Waals surface area contributed by atoms with Crippen LogP contribution in [0.15, 0.2) is 10.7 Å².